The number of carboxylic acids is 1. The lowest BCUT2D eigenvalue weighted by molar-refractivity contribution is -0.141. The highest BCUT2D eigenvalue weighted by atomic mass is 35.5. The van der Waals surface area contributed by atoms with E-state index >= 15 is 0 Å². The van der Waals surface area contributed by atoms with Gasteiger partial charge in [0.05, 0.1) is 16.5 Å². The third-order valence-corrected chi connectivity index (χ3v) is 5.80. The fraction of sp³-hybridized carbons (Fsp3) is 0.556. The predicted molar refractivity (Wildman–Crippen MR) is 95.1 cm³/mol. The number of carboxylic acid groups (broad SMARTS) is 1. The number of hydrogen-bond acceptors (Lipinski definition) is 3. The number of aliphatic carboxylic acids is 1. The first kappa shape index (κ1) is 18.5. The Hall–Kier alpha value is -1.30. The molecule has 0 bridgehead atoms. The molecule has 1 aromatic carbocycles. The summed E-state index contributed by atoms with van der Waals surface area (Å²) in [4.78, 5) is 25.7. The molecular weight excluding hydrogens is 365 g/mol. The second-order valence-electron chi connectivity index (χ2n) is 6.61. The SMILES string of the molecule is O=C(O)CCN(C(=O)[C@H]1C[C@@H]1c1cccc(Cl)c1Cl)C1CCOCC1. The van der Waals surface area contributed by atoms with Crippen LogP contribution in [-0.2, 0) is 14.3 Å². The van der Waals surface area contributed by atoms with Crippen LogP contribution in [0.4, 0.5) is 0 Å². The van der Waals surface area contributed by atoms with Crippen LogP contribution in [0.1, 0.15) is 37.2 Å². The van der Waals surface area contributed by atoms with Gasteiger partial charge in [-0.2, -0.15) is 0 Å². The van der Waals surface area contributed by atoms with Gasteiger partial charge in [-0.25, -0.2) is 0 Å². The number of amides is 1. The van der Waals surface area contributed by atoms with Crippen LogP contribution < -0.4 is 0 Å². The molecular formula is C18H21Cl2NO4. The molecule has 136 valence electrons. The fourth-order valence-corrected chi connectivity index (χ4v) is 3.97. The maximum atomic E-state index is 13.0. The van der Waals surface area contributed by atoms with Crippen molar-refractivity contribution in [2.75, 3.05) is 19.8 Å². The number of hydrogen-bond donors (Lipinski definition) is 1. The molecule has 1 aliphatic heterocycles. The lowest BCUT2D eigenvalue weighted by Crippen LogP contribution is -2.45. The maximum Gasteiger partial charge on any atom is 0.305 e. The third-order valence-electron chi connectivity index (χ3n) is 4.97. The molecule has 3 rings (SSSR count). The molecule has 1 saturated heterocycles. The predicted octanol–water partition coefficient (Wildman–Crippen LogP) is 3.58. The molecule has 2 fully saturated rings. The maximum absolute atomic E-state index is 13.0. The minimum atomic E-state index is -0.893. The Labute approximate surface area is 156 Å². The van der Waals surface area contributed by atoms with Crippen LogP contribution in [0.2, 0.25) is 10.0 Å². The van der Waals surface area contributed by atoms with Crippen molar-refractivity contribution in [3.8, 4) is 0 Å². The third kappa shape index (κ3) is 4.27. The summed E-state index contributed by atoms with van der Waals surface area (Å²) in [5.74, 6) is -0.956. The molecule has 5 nitrogen and oxygen atoms in total. The van der Waals surface area contributed by atoms with Crippen molar-refractivity contribution in [1.29, 1.82) is 0 Å². The lowest BCUT2D eigenvalue weighted by atomic mass is 10.0. The molecule has 2 atom stereocenters. The second kappa shape index (κ2) is 7.94. The summed E-state index contributed by atoms with van der Waals surface area (Å²) >= 11 is 12.4. The van der Waals surface area contributed by atoms with Gasteiger partial charge >= 0.3 is 5.97 Å². The van der Waals surface area contributed by atoms with E-state index in [1.165, 1.54) is 0 Å². The Balaban J connectivity index is 1.72. The zero-order valence-corrected chi connectivity index (χ0v) is 15.3. The van der Waals surface area contributed by atoms with Gasteiger partial charge in [0.15, 0.2) is 0 Å². The summed E-state index contributed by atoms with van der Waals surface area (Å²) in [5.41, 5.74) is 0.901. The molecule has 7 heteroatoms. The smallest absolute Gasteiger partial charge is 0.305 e. The lowest BCUT2D eigenvalue weighted by Gasteiger charge is -2.34. The average molecular weight is 386 g/mol. The monoisotopic (exact) mass is 385 g/mol. The summed E-state index contributed by atoms with van der Waals surface area (Å²) in [5, 5.41) is 10.00. The number of benzene rings is 1. The molecule has 1 N–H and O–H groups in total. The molecule has 2 aliphatic rings. The van der Waals surface area contributed by atoms with E-state index in [1.54, 1.807) is 11.0 Å². The number of nitrogens with zero attached hydrogens (tertiary/aromatic N) is 1. The van der Waals surface area contributed by atoms with Gasteiger partial charge < -0.3 is 14.7 Å². The van der Waals surface area contributed by atoms with Gasteiger partial charge in [0.2, 0.25) is 5.91 Å². The van der Waals surface area contributed by atoms with E-state index in [9.17, 15) is 9.59 Å². The Morgan fingerprint density at radius 1 is 1.24 bits per heavy atom. The topological polar surface area (TPSA) is 66.8 Å². The van der Waals surface area contributed by atoms with Gasteiger partial charge in [-0.3, -0.25) is 9.59 Å². The average Bonchev–Trinajstić information content (AvgIpc) is 3.38. The molecule has 1 saturated carbocycles. The number of halogens is 2. The van der Waals surface area contributed by atoms with E-state index in [4.69, 9.17) is 33.0 Å². The zero-order valence-electron chi connectivity index (χ0n) is 13.8. The van der Waals surface area contributed by atoms with E-state index in [-0.39, 0.29) is 36.8 Å². The molecule has 0 unspecified atom stereocenters. The van der Waals surface area contributed by atoms with Crippen LogP contribution in [0.25, 0.3) is 0 Å². The van der Waals surface area contributed by atoms with Gasteiger partial charge in [0.1, 0.15) is 0 Å². The number of carbonyl (C=O) groups excluding carboxylic acids is 1. The Morgan fingerprint density at radius 3 is 2.64 bits per heavy atom. The Bertz CT molecular complexity index is 660. The van der Waals surface area contributed by atoms with Crippen LogP contribution >= 0.6 is 23.2 Å². The molecule has 0 aromatic heterocycles. The quantitative estimate of drug-likeness (QED) is 0.812. The van der Waals surface area contributed by atoms with Crippen LogP contribution in [0.3, 0.4) is 0 Å². The van der Waals surface area contributed by atoms with Gasteiger partial charge in [-0.15, -0.1) is 0 Å². The van der Waals surface area contributed by atoms with Crippen LogP contribution in [0, 0.1) is 5.92 Å². The van der Waals surface area contributed by atoms with Gasteiger partial charge in [0.25, 0.3) is 0 Å². The highest BCUT2D eigenvalue weighted by molar-refractivity contribution is 6.42. The van der Waals surface area contributed by atoms with Gasteiger partial charge in [0, 0.05) is 31.7 Å². The summed E-state index contributed by atoms with van der Waals surface area (Å²) in [6.07, 6.45) is 2.19. The van der Waals surface area contributed by atoms with Gasteiger partial charge in [-0.1, -0.05) is 35.3 Å². The van der Waals surface area contributed by atoms with E-state index in [1.807, 2.05) is 12.1 Å². The summed E-state index contributed by atoms with van der Waals surface area (Å²) < 4.78 is 5.36. The molecule has 1 amide bonds. The standard InChI is InChI=1S/C18H21Cl2NO4/c19-15-3-1-2-12(17(15)20)13-10-14(13)18(24)21(7-4-16(22)23)11-5-8-25-9-6-11/h1-3,11,13-14H,4-10H2,(H,22,23)/t13-,14+/m1/s1. The second-order valence-corrected chi connectivity index (χ2v) is 7.40. The molecule has 0 spiro atoms. The van der Waals surface area contributed by atoms with Crippen molar-refractivity contribution in [2.45, 2.75) is 37.6 Å². The van der Waals surface area contributed by atoms with Crippen molar-refractivity contribution in [1.82, 2.24) is 4.90 Å². The van der Waals surface area contributed by atoms with Gasteiger partial charge in [-0.05, 0) is 36.8 Å². The molecule has 1 heterocycles. The number of carbonyl (C=O) groups is 2. The zero-order chi connectivity index (χ0) is 18.0. The van der Waals surface area contributed by atoms with Crippen molar-refractivity contribution in [2.24, 2.45) is 5.92 Å². The Morgan fingerprint density at radius 2 is 1.96 bits per heavy atom. The highest BCUT2D eigenvalue weighted by Gasteiger charge is 2.47. The van der Waals surface area contributed by atoms with Crippen molar-refractivity contribution in [3.05, 3.63) is 33.8 Å². The number of rotatable bonds is 6. The first-order valence-corrected chi connectivity index (χ1v) is 9.28. The van der Waals surface area contributed by atoms with E-state index in [2.05, 4.69) is 0 Å². The van der Waals surface area contributed by atoms with E-state index < -0.39 is 5.97 Å². The van der Waals surface area contributed by atoms with Crippen molar-refractivity contribution >= 4 is 35.1 Å². The van der Waals surface area contributed by atoms with Crippen molar-refractivity contribution < 1.29 is 19.4 Å². The molecule has 1 aromatic rings. The highest BCUT2D eigenvalue weighted by Crippen LogP contribution is 2.51. The summed E-state index contributed by atoms with van der Waals surface area (Å²) in [6.45, 7) is 1.46. The minimum Gasteiger partial charge on any atom is -0.481 e. The first-order valence-electron chi connectivity index (χ1n) is 8.53. The Kier molecular flexibility index (Phi) is 5.87. The van der Waals surface area contributed by atoms with Crippen molar-refractivity contribution in [3.63, 3.8) is 0 Å². The molecule has 0 radical (unpaired) electrons. The molecule has 1 aliphatic carbocycles. The first-order chi connectivity index (χ1) is 12.0. The summed E-state index contributed by atoms with van der Waals surface area (Å²) in [6, 6.07) is 5.52. The van der Waals surface area contributed by atoms with Crippen LogP contribution in [-0.4, -0.2) is 47.7 Å². The fourth-order valence-electron chi connectivity index (χ4n) is 3.52. The van der Waals surface area contributed by atoms with Crippen LogP contribution in [0.5, 0.6) is 0 Å². The number of ether oxygens (including phenoxy) is 1. The van der Waals surface area contributed by atoms with E-state index in [0.29, 0.717) is 23.3 Å². The van der Waals surface area contributed by atoms with Crippen LogP contribution in [0.15, 0.2) is 18.2 Å². The molecule has 25 heavy (non-hydrogen) atoms. The normalized spacial score (nSPS) is 23.3. The minimum absolute atomic E-state index is 0.0224. The largest absolute Gasteiger partial charge is 0.481 e. The van der Waals surface area contributed by atoms with E-state index in [0.717, 1.165) is 24.8 Å². The summed E-state index contributed by atoms with van der Waals surface area (Å²) in [7, 11) is 0.